The second kappa shape index (κ2) is 9.99. The average molecular weight is 459 g/mol. The molecular weight excluding hydrogens is 432 g/mol. The molecule has 32 heavy (non-hydrogen) atoms. The number of hydrogen-bond acceptors (Lipinski definition) is 7. The Bertz CT molecular complexity index is 1150. The molecule has 0 spiro atoms. The second-order valence-corrected chi connectivity index (χ2v) is 9.65. The van der Waals surface area contributed by atoms with Crippen LogP contribution in [0.25, 0.3) is 5.76 Å². The molecule has 1 aliphatic rings. The highest BCUT2D eigenvalue weighted by molar-refractivity contribution is 7.91. The third-order valence-electron chi connectivity index (χ3n) is 5.11. The number of hydrogen-bond donors (Lipinski definition) is 1. The Morgan fingerprint density at radius 3 is 2.47 bits per heavy atom. The van der Waals surface area contributed by atoms with E-state index >= 15 is 0 Å². The molecule has 0 saturated heterocycles. The number of phenolic OH excluding ortho intramolecular Hbond substituents is 1. The molecule has 0 unspecified atom stereocenters. The number of carbonyl (C=O) groups is 2. The molecule has 0 atom stereocenters. The molecular formula is C24H26O7S. The van der Waals surface area contributed by atoms with Gasteiger partial charge in [-0.3, -0.25) is 9.59 Å². The van der Waals surface area contributed by atoms with Crippen LogP contribution in [0.3, 0.4) is 0 Å². The fourth-order valence-corrected chi connectivity index (χ4v) is 4.75. The first kappa shape index (κ1) is 23.5. The molecule has 2 aromatic carbocycles. The van der Waals surface area contributed by atoms with E-state index in [4.69, 9.17) is 9.47 Å². The Morgan fingerprint density at radius 1 is 1.16 bits per heavy atom. The molecule has 0 aromatic heterocycles. The number of esters is 1. The van der Waals surface area contributed by atoms with Crippen molar-refractivity contribution >= 4 is 27.3 Å². The molecule has 0 bridgehead atoms. The second-order valence-electron chi connectivity index (χ2n) is 7.54. The van der Waals surface area contributed by atoms with Crippen molar-refractivity contribution in [3.8, 4) is 11.5 Å². The van der Waals surface area contributed by atoms with E-state index in [9.17, 15) is 23.1 Å². The lowest BCUT2D eigenvalue weighted by Gasteiger charge is -2.14. The van der Waals surface area contributed by atoms with Crippen LogP contribution in [0, 0.1) is 0 Å². The number of Topliss-reactive ketones (excluding diaryl/α,β-unsaturated/α-hetero) is 1. The zero-order valence-corrected chi connectivity index (χ0v) is 18.9. The fourth-order valence-electron chi connectivity index (χ4n) is 3.46. The minimum atomic E-state index is -3.51. The first-order valence-corrected chi connectivity index (χ1v) is 12.1. The lowest BCUT2D eigenvalue weighted by molar-refractivity contribution is -0.134. The minimum Gasteiger partial charge on any atom is -0.507 e. The summed E-state index contributed by atoms with van der Waals surface area (Å²) in [5.74, 6) is 0.149. The smallest absolute Gasteiger partial charge is 0.315 e. The van der Waals surface area contributed by atoms with Gasteiger partial charge in [-0.25, -0.2) is 8.42 Å². The summed E-state index contributed by atoms with van der Waals surface area (Å²) >= 11 is 0. The number of aromatic hydroxyl groups is 1. The Balaban J connectivity index is 1.61. The summed E-state index contributed by atoms with van der Waals surface area (Å²) in [5, 5.41) is 10.4. The van der Waals surface area contributed by atoms with Gasteiger partial charge in [-0.1, -0.05) is 13.3 Å². The van der Waals surface area contributed by atoms with Crippen molar-refractivity contribution in [3.63, 3.8) is 0 Å². The van der Waals surface area contributed by atoms with E-state index in [-0.39, 0.29) is 53.2 Å². The molecule has 1 heterocycles. The molecule has 0 amide bonds. The summed E-state index contributed by atoms with van der Waals surface area (Å²) in [7, 11) is -3.51. The van der Waals surface area contributed by atoms with Crippen molar-refractivity contribution in [1.82, 2.24) is 0 Å². The van der Waals surface area contributed by atoms with Crippen molar-refractivity contribution in [2.75, 3.05) is 12.4 Å². The molecule has 2 aromatic rings. The highest BCUT2D eigenvalue weighted by Gasteiger charge is 2.19. The third-order valence-corrected chi connectivity index (χ3v) is 6.93. The maximum Gasteiger partial charge on any atom is 0.315 e. The minimum absolute atomic E-state index is 0.0763. The average Bonchev–Trinajstić information content (AvgIpc) is 3.19. The monoisotopic (exact) mass is 458 g/mol. The topological polar surface area (TPSA) is 107 Å². The summed E-state index contributed by atoms with van der Waals surface area (Å²) in [6.45, 7) is 3.49. The third kappa shape index (κ3) is 5.37. The Hall–Kier alpha value is -3.13. The van der Waals surface area contributed by atoms with Crippen LogP contribution in [0.1, 0.15) is 54.6 Å². The van der Waals surface area contributed by atoms with Crippen molar-refractivity contribution in [2.45, 2.75) is 44.4 Å². The first-order valence-electron chi connectivity index (χ1n) is 10.5. The van der Waals surface area contributed by atoms with Gasteiger partial charge in [-0.15, -0.1) is 0 Å². The van der Waals surface area contributed by atoms with E-state index in [0.29, 0.717) is 29.1 Å². The standard InChI is InChI=1S/C24H26O7S/c1-3-5-20-22(11-10-19(16(2)25)24(20)27)30-14-4-15-32(28,29)18-8-6-17(7-9-18)21-12-13-23(26)31-21/h6-12,27H,3-5,13-15H2,1-2H3. The zero-order chi connectivity index (χ0) is 23.3. The van der Waals surface area contributed by atoms with Gasteiger partial charge < -0.3 is 14.6 Å². The number of carbonyl (C=O) groups excluding carboxylic acids is 2. The van der Waals surface area contributed by atoms with Crippen LogP contribution in [-0.4, -0.2) is 37.6 Å². The lowest BCUT2D eigenvalue weighted by atomic mass is 10.0. The van der Waals surface area contributed by atoms with Gasteiger partial charge >= 0.3 is 5.97 Å². The molecule has 1 aliphatic heterocycles. The quantitative estimate of drug-likeness (QED) is 0.325. The van der Waals surface area contributed by atoms with Gasteiger partial charge in [-0.2, -0.15) is 0 Å². The van der Waals surface area contributed by atoms with Crippen molar-refractivity contribution < 1.29 is 32.6 Å². The highest BCUT2D eigenvalue weighted by Crippen LogP contribution is 2.33. The molecule has 170 valence electrons. The fraction of sp³-hybridized carbons (Fsp3) is 0.333. The van der Waals surface area contributed by atoms with Crippen LogP contribution in [0.2, 0.25) is 0 Å². The van der Waals surface area contributed by atoms with Crippen LogP contribution < -0.4 is 4.74 Å². The van der Waals surface area contributed by atoms with E-state index in [1.165, 1.54) is 25.1 Å². The SMILES string of the molecule is CCCc1c(OCCCS(=O)(=O)c2ccc(C3=CCC(=O)O3)cc2)ccc(C(C)=O)c1O. The van der Waals surface area contributed by atoms with Crippen LogP contribution in [0.4, 0.5) is 0 Å². The summed E-state index contributed by atoms with van der Waals surface area (Å²) in [6.07, 6.45) is 3.43. The van der Waals surface area contributed by atoms with Crippen molar-refractivity contribution in [1.29, 1.82) is 0 Å². The van der Waals surface area contributed by atoms with Crippen LogP contribution in [0.5, 0.6) is 11.5 Å². The number of sulfone groups is 1. The molecule has 8 heteroatoms. The van der Waals surface area contributed by atoms with Gasteiger partial charge in [0.1, 0.15) is 17.3 Å². The largest absolute Gasteiger partial charge is 0.507 e. The molecule has 1 N–H and O–H groups in total. The number of cyclic esters (lactones) is 1. The molecule has 0 radical (unpaired) electrons. The van der Waals surface area contributed by atoms with Gasteiger partial charge in [0.05, 0.1) is 29.2 Å². The van der Waals surface area contributed by atoms with Gasteiger partial charge in [0.2, 0.25) is 0 Å². The van der Waals surface area contributed by atoms with Gasteiger partial charge in [0.15, 0.2) is 15.6 Å². The summed E-state index contributed by atoms with van der Waals surface area (Å²) in [5.41, 5.74) is 1.45. The summed E-state index contributed by atoms with van der Waals surface area (Å²) < 4.78 is 36.1. The normalized spacial score (nSPS) is 13.6. The zero-order valence-electron chi connectivity index (χ0n) is 18.1. The van der Waals surface area contributed by atoms with E-state index in [1.54, 1.807) is 24.3 Å². The van der Waals surface area contributed by atoms with Gasteiger partial charge in [0, 0.05) is 11.1 Å². The highest BCUT2D eigenvalue weighted by atomic mass is 32.2. The van der Waals surface area contributed by atoms with E-state index < -0.39 is 9.84 Å². The Labute approximate surface area is 187 Å². The predicted octanol–water partition coefficient (Wildman–Crippen LogP) is 4.08. The molecule has 0 fully saturated rings. The molecule has 7 nitrogen and oxygen atoms in total. The van der Waals surface area contributed by atoms with Crippen LogP contribution >= 0.6 is 0 Å². The molecule has 0 aliphatic carbocycles. The van der Waals surface area contributed by atoms with Gasteiger partial charge in [0.25, 0.3) is 0 Å². The van der Waals surface area contributed by atoms with E-state index in [0.717, 1.165) is 6.42 Å². The van der Waals surface area contributed by atoms with E-state index in [1.807, 2.05) is 6.92 Å². The molecule has 0 saturated carbocycles. The number of ketones is 1. The molecule has 3 rings (SSSR count). The van der Waals surface area contributed by atoms with Crippen molar-refractivity contribution in [2.24, 2.45) is 0 Å². The number of benzene rings is 2. The Morgan fingerprint density at radius 2 is 1.88 bits per heavy atom. The maximum atomic E-state index is 12.6. The summed E-state index contributed by atoms with van der Waals surface area (Å²) in [4.78, 5) is 23.1. The van der Waals surface area contributed by atoms with Crippen molar-refractivity contribution in [3.05, 3.63) is 59.2 Å². The summed E-state index contributed by atoms with van der Waals surface area (Å²) in [6, 6.07) is 9.38. The van der Waals surface area contributed by atoms with Crippen LogP contribution in [0.15, 0.2) is 47.4 Å². The Kier molecular flexibility index (Phi) is 7.35. The lowest BCUT2D eigenvalue weighted by Crippen LogP contribution is -2.11. The van der Waals surface area contributed by atoms with Gasteiger partial charge in [-0.05, 0) is 62.2 Å². The number of rotatable bonds is 10. The number of ether oxygens (including phenoxy) is 2. The number of phenols is 1. The van der Waals surface area contributed by atoms with E-state index in [2.05, 4.69) is 0 Å². The first-order chi connectivity index (χ1) is 15.2. The van der Waals surface area contributed by atoms with Crippen LogP contribution in [-0.2, 0) is 25.8 Å². The maximum absolute atomic E-state index is 12.6. The predicted molar refractivity (Wildman–Crippen MR) is 119 cm³/mol.